The van der Waals surface area contributed by atoms with Crippen molar-refractivity contribution in [3.8, 4) is 11.5 Å². The van der Waals surface area contributed by atoms with Crippen molar-refractivity contribution in [3.05, 3.63) is 77.2 Å². The third-order valence-electron chi connectivity index (χ3n) is 5.65. The summed E-state index contributed by atoms with van der Waals surface area (Å²) in [6.07, 6.45) is 5.44. The van der Waals surface area contributed by atoms with Gasteiger partial charge in [-0.15, -0.1) is 0 Å². The Labute approximate surface area is 177 Å². The Morgan fingerprint density at radius 2 is 1.67 bits per heavy atom. The fourth-order valence-electron chi connectivity index (χ4n) is 4.13. The van der Waals surface area contributed by atoms with Crippen molar-refractivity contribution in [2.24, 2.45) is 0 Å². The van der Waals surface area contributed by atoms with Gasteiger partial charge in [-0.05, 0) is 49.0 Å². The van der Waals surface area contributed by atoms with Crippen LogP contribution in [0.5, 0.6) is 11.5 Å². The summed E-state index contributed by atoms with van der Waals surface area (Å²) in [5, 5.41) is 11.1. The number of rotatable bonds is 5. The number of aliphatic hydroxyl groups is 1. The molecule has 0 amide bonds. The van der Waals surface area contributed by atoms with E-state index in [2.05, 4.69) is 0 Å². The molecular formula is C23H25NO5S. The van der Waals surface area contributed by atoms with Crippen LogP contribution in [0.4, 0.5) is 0 Å². The van der Waals surface area contributed by atoms with Crippen LogP contribution in [0.2, 0.25) is 0 Å². The monoisotopic (exact) mass is 427 g/mol. The van der Waals surface area contributed by atoms with E-state index in [1.165, 1.54) is 26.4 Å². The quantitative estimate of drug-likeness (QED) is 0.747. The third-order valence-corrected chi connectivity index (χ3v) is 7.42. The van der Waals surface area contributed by atoms with E-state index >= 15 is 0 Å². The van der Waals surface area contributed by atoms with Gasteiger partial charge in [0, 0.05) is 11.6 Å². The Kier molecular flexibility index (Phi) is 5.47. The molecule has 0 spiro atoms. The number of nitrogens with zero attached hydrogens (tertiary/aromatic N) is 1. The Bertz CT molecular complexity index is 1110. The molecule has 2 aromatic rings. The number of benzene rings is 2. The number of hydrogen-bond donors (Lipinski definition) is 1. The minimum atomic E-state index is -4.07. The summed E-state index contributed by atoms with van der Waals surface area (Å²) in [5.74, 6) is 0.565. The third kappa shape index (κ3) is 3.43. The molecular weight excluding hydrogens is 402 g/mol. The summed E-state index contributed by atoms with van der Waals surface area (Å²) in [6.45, 7) is 0. The highest BCUT2D eigenvalue weighted by molar-refractivity contribution is 7.89. The Hall–Kier alpha value is -2.93. The van der Waals surface area contributed by atoms with Gasteiger partial charge < -0.3 is 14.6 Å². The van der Waals surface area contributed by atoms with Crippen LogP contribution in [-0.2, 0) is 10.0 Å². The zero-order valence-corrected chi connectivity index (χ0v) is 17.9. The second-order valence-electron chi connectivity index (χ2n) is 7.37. The average molecular weight is 428 g/mol. The maximum Gasteiger partial charge on any atom is 0.267 e. The van der Waals surface area contributed by atoms with Crippen LogP contribution in [-0.4, -0.2) is 32.0 Å². The van der Waals surface area contributed by atoms with Crippen molar-refractivity contribution < 1.29 is 23.0 Å². The Morgan fingerprint density at radius 3 is 2.37 bits per heavy atom. The summed E-state index contributed by atoms with van der Waals surface area (Å²) >= 11 is 0. The first-order valence-corrected chi connectivity index (χ1v) is 11.4. The first-order chi connectivity index (χ1) is 14.5. The number of allylic oxidation sites excluding steroid dienone is 2. The number of fused-ring (bicyclic) bond motifs is 1. The zero-order valence-electron chi connectivity index (χ0n) is 17.0. The fraction of sp³-hybridized carbons (Fsp3) is 0.304. The number of sulfonamides is 1. The van der Waals surface area contributed by atoms with E-state index in [-0.39, 0.29) is 10.8 Å². The summed E-state index contributed by atoms with van der Waals surface area (Å²) in [6, 6.07) is 13.2. The van der Waals surface area contributed by atoms with Crippen LogP contribution in [0.25, 0.3) is 0 Å². The lowest BCUT2D eigenvalue weighted by Crippen LogP contribution is -2.37. The van der Waals surface area contributed by atoms with Crippen molar-refractivity contribution in [2.75, 3.05) is 14.2 Å². The molecule has 1 N–H and O–H groups in total. The number of aliphatic hydroxyl groups excluding tert-OH is 1. The van der Waals surface area contributed by atoms with E-state index < -0.39 is 16.1 Å². The maximum atomic E-state index is 13.7. The first kappa shape index (κ1) is 20.3. The van der Waals surface area contributed by atoms with Crippen LogP contribution in [0, 0.1) is 0 Å². The molecule has 1 aliphatic carbocycles. The van der Waals surface area contributed by atoms with Crippen LogP contribution in [0.3, 0.4) is 0 Å². The Balaban J connectivity index is 1.87. The lowest BCUT2D eigenvalue weighted by molar-refractivity contribution is 0.243. The molecule has 1 aliphatic heterocycles. The highest BCUT2D eigenvalue weighted by atomic mass is 32.2. The average Bonchev–Trinajstić information content (AvgIpc) is 2.78. The standard InChI is InChI=1S/C23H25NO5S/c1-28-21-13-12-18(15-22(21)29-2)30(26,27)24-20(16-8-4-3-5-9-16)14-17-10-6-7-11-19(17)23(24)25/h3-5,8-9,12-15,20,25H,6-7,10-11H2,1-2H3. The van der Waals surface area contributed by atoms with Gasteiger partial charge in [0.2, 0.25) is 5.88 Å². The minimum absolute atomic E-state index is 0.0286. The molecule has 2 aromatic carbocycles. The van der Waals surface area contributed by atoms with Crippen molar-refractivity contribution >= 4 is 10.0 Å². The van der Waals surface area contributed by atoms with Crippen LogP contribution >= 0.6 is 0 Å². The van der Waals surface area contributed by atoms with Gasteiger partial charge in [0.05, 0.1) is 25.2 Å². The largest absolute Gasteiger partial charge is 0.494 e. The second-order valence-corrected chi connectivity index (χ2v) is 9.19. The van der Waals surface area contributed by atoms with Crippen molar-refractivity contribution in [2.45, 2.75) is 36.6 Å². The van der Waals surface area contributed by atoms with Gasteiger partial charge in [0.1, 0.15) is 0 Å². The predicted molar refractivity (Wildman–Crippen MR) is 114 cm³/mol. The SMILES string of the molecule is COc1ccc(S(=O)(=O)N2C(O)=C3CCCCC3=CC2c2ccccc2)cc1OC. The number of hydrogen-bond acceptors (Lipinski definition) is 5. The van der Waals surface area contributed by atoms with Crippen LogP contribution in [0.1, 0.15) is 37.3 Å². The molecule has 0 aromatic heterocycles. The maximum absolute atomic E-state index is 13.7. The summed E-state index contributed by atoms with van der Waals surface area (Å²) in [4.78, 5) is 0.0286. The zero-order chi connectivity index (χ0) is 21.3. The fourth-order valence-corrected chi connectivity index (χ4v) is 5.67. The number of ether oxygens (including phenoxy) is 2. The highest BCUT2D eigenvalue weighted by Crippen LogP contribution is 2.44. The smallest absolute Gasteiger partial charge is 0.267 e. The molecule has 0 bridgehead atoms. The van der Waals surface area contributed by atoms with Gasteiger partial charge in [-0.3, -0.25) is 0 Å². The van der Waals surface area contributed by atoms with Gasteiger partial charge in [-0.2, -0.15) is 0 Å². The van der Waals surface area contributed by atoms with Gasteiger partial charge >= 0.3 is 0 Å². The second kappa shape index (κ2) is 8.07. The van der Waals surface area contributed by atoms with Gasteiger partial charge in [0.15, 0.2) is 11.5 Å². The van der Waals surface area contributed by atoms with E-state index in [4.69, 9.17) is 9.47 Å². The van der Waals surface area contributed by atoms with Crippen LogP contribution < -0.4 is 9.47 Å². The minimum Gasteiger partial charge on any atom is -0.494 e. The first-order valence-electron chi connectivity index (χ1n) is 9.92. The lowest BCUT2D eigenvalue weighted by atomic mass is 9.85. The molecule has 0 saturated heterocycles. The van der Waals surface area contributed by atoms with E-state index in [1.807, 2.05) is 36.4 Å². The van der Waals surface area contributed by atoms with Crippen molar-refractivity contribution in [3.63, 3.8) is 0 Å². The molecule has 1 unspecified atom stereocenters. The molecule has 7 heteroatoms. The molecule has 1 heterocycles. The lowest BCUT2D eigenvalue weighted by Gasteiger charge is -2.37. The summed E-state index contributed by atoms with van der Waals surface area (Å²) in [5.41, 5.74) is 2.55. The van der Waals surface area contributed by atoms with E-state index in [1.54, 1.807) is 6.07 Å². The van der Waals surface area contributed by atoms with E-state index in [0.29, 0.717) is 17.9 Å². The summed E-state index contributed by atoms with van der Waals surface area (Å²) < 4.78 is 39.1. The molecule has 2 aliphatic rings. The molecule has 4 rings (SSSR count). The van der Waals surface area contributed by atoms with Gasteiger partial charge in [-0.1, -0.05) is 36.4 Å². The van der Waals surface area contributed by atoms with Gasteiger partial charge in [-0.25, -0.2) is 12.7 Å². The Morgan fingerprint density at radius 1 is 0.967 bits per heavy atom. The molecule has 30 heavy (non-hydrogen) atoms. The van der Waals surface area contributed by atoms with Crippen LogP contribution in [0.15, 0.2) is 76.5 Å². The summed E-state index contributed by atoms with van der Waals surface area (Å²) in [7, 11) is -1.12. The molecule has 6 nitrogen and oxygen atoms in total. The predicted octanol–water partition coefficient (Wildman–Crippen LogP) is 4.72. The topological polar surface area (TPSA) is 76.1 Å². The molecule has 158 valence electrons. The van der Waals surface area contributed by atoms with Crippen molar-refractivity contribution in [1.29, 1.82) is 0 Å². The van der Waals surface area contributed by atoms with E-state index in [0.717, 1.165) is 40.3 Å². The molecule has 1 fully saturated rings. The van der Waals surface area contributed by atoms with Crippen molar-refractivity contribution in [1.82, 2.24) is 4.31 Å². The van der Waals surface area contributed by atoms with Gasteiger partial charge in [0.25, 0.3) is 10.0 Å². The molecule has 0 radical (unpaired) electrons. The molecule has 1 saturated carbocycles. The number of methoxy groups -OCH3 is 2. The highest BCUT2D eigenvalue weighted by Gasteiger charge is 2.39. The van der Waals surface area contributed by atoms with E-state index in [9.17, 15) is 13.5 Å². The molecule has 1 atom stereocenters. The normalized spacial score (nSPS) is 19.2.